The summed E-state index contributed by atoms with van der Waals surface area (Å²) in [6.45, 7) is 1.11. The Morgan fingerprint density at radius 1 is 1.03 bits per heavy atom. The summed E-state index contributed by atoms with van der Waals surface area (Å²) in [5, 5.41) is 3.23. The Hall–Kier alpha value is -2.74. The normalized spacial score (nSPS) is 14.2. The maximum absolute atomic E-state index is 13.2. The Bertz CT molecular complexity index is 1160. The highest BCUT2D eigenvalue weighted by molar-refractivity contribution is 7.92. The molecule has 1 aliphatic heterocycles. The van der Waals surface area contributed by atoms with Crippen molar-refractivity contribution in [1.29, 1.82) is 0 Å². The van der Waals surface area contributed by atoms with Crippen molar-refractivity contribution in [1.82, 2.24) is 9.21 Å². The number of sulfonamides is 1. The van der Waals surface area contributed by atoms with Crippen molar-refractivity contribution in [2.24, 2.45) is 0 Å². The first kappa shape index (κ1) is 21.5. The number of carbonyl (C=O) groups is 1. The van der Waals surface area contributed by atoms with Crippen LogP contribution in [0.5, 0.6) is 0 Å². The molecule has 2 aromatic carbocycles. The van der Waals surface area contributed by atoms with Crippen molar-refractivity contribution < 1.29 is 13.2 Å². The molecule has 7 heteroatoms. The van der Waals surface area contributed by atoms with E-state index in [1.54, 1.807) is 22.3 Å². The molecule has 0 bridgehead atoms. The van der Waals surface area contributed by atoms with Crippen LogP contribution in [0.25, 0.3) is 6.08 Å². The summed E-state index contributed by atoms with van der Waals surface area (Å²) in [6.07, 6.45) is 2.38. The number of hydrogen-bond donors (Lipinski definition) is 0. The lowest BCUT2D eigenvalue weighted by Crippen LogP contribution is -2.43. The Balaban J connectivity index is 1.54. The van der Waals surface area contributed by atoms with Crippen molar-refractivity contribution in [3.8, 4) is 0 Å². The SMILES string of the molecule is O=C(CN(Cc1ccccc1)S(=O)(=O)C=Cc1ccccc1)N1CCc2sccc2C1. The number of carbonyl (C=O) groups excluding carboxylic acids is 1. The first-order valence-electron chi connectivity index (χ1n) is 10.1. The van der Waals surface area contributed by atoms with Crippen LogP contribution in [-0.4, -0.2) is 36.6 Å². The summed E-state index contributed by atoms with van der Waals surface area (Å²) in [5.74, 6) is -0.176. The average molecular weight is 453 g/mol. The van der Waals surface area contributed by atoms with Gasteiger partial charge in [-0.15, -0.1) is 11.3 Å². The number of nitrogens with zero attached hydrogens (tertiary/aromatic N) is 2. The third-order valence-electron chi connectivity index (χ3n) is 5.27. The molecule has 1 amide bonds. The molecule has 0 saturated carbocycles. The van der Waals surface area contributed by atoms with E-state index in [0.29, 0.717) is 13.1 Å². The summed E-state index contributed by atoms with van der Waals surface area (Å²) in [5.41, 5.74) is 2.79. The van der Waals surface area contributed by atoms with E-state index in [2.05, 4.69) is 0 Å². The molecule has 31 heavy (non-hydrogen) atoms. The number of amides is 1. The largest absolute Gasteiger partial charge is 0.337 e. The van der Waals surface area contributed by atoms with Crippen LogP contribution in [0.3, 0.4) is 0 Å². The van der Waals surface area contributed by atoms with Gasteiger partial charge in [-0.25, -0.2) is 8.42 Å². The van der Waals surface area contributed by atoms with Gasteiger partial charge in [-0.2, -0.15) is 4.31 Å². The number of rotatable bonds is 7. The minimum Gasteiger partial charge on any atom is -0.337 e. The topological polar surface area (TPSA) is 57.7 Å². The standard InChI is InChI=1S/C24H24N2O3S2/c27-24(25-14-11-23-22(18-25)12-15-30-23)19-26(17-21-9-5-2-6-10-21)31(28,29)16-13-20-7-3-1-4-8-20/h1-10,12-13,15-16H,11,14,17-19H2. The van der Waals surface area contributed by atoms with Crippen LogP contribution < -0.4 is 0 Å². The van der Waals surface area contributed by atoms with E-state index in [0.717, 1.165) is 23.1 Å². The van der Waals surface area contributed by atoms with Gasteiger partial charge in [-0.3, -0.25) is 4.79 Å². The zero-order valence-corrected chi connectivity index (χ0v) is 18.7. The number of thiophene rings is 1. The van der Waals surface area contributed by atoms with Gasteiger partial charge in [0.15, 0.2) is 0 Å². The molecule has 1 aromatic heterocycles. The third kappa shape index (κ3) is 5.50. The lowest BCUT2D eigenvalue weighted by molar-refractivity contribution is -0.132. The smallest absolute Gasteiger partial charge is 0.238 e. The number of fused-ring (bicyclic) bond motifs is 1. The quantitative estimate of drug-likeness (QED) is 0.542. The number of hydrogen-bond acceptors (Lipinski definition) is 4. The van der Waals surface area contributed by atoms with Gasteiger partial charge in [-0.1, -0.05) is 60.7 Å². The second-order valence-electron chi connectivity index (χ2n) is 7.45. The van der Waals surface area contributed by atoms with Crippen LogP contribution >= 0.6 is 11.3 Å². The highest BCUT2D eigenvalue weighted by Gasteiger charge is 2.27. The molecule has 0 unspecified atom stereocenters. The molecule has 3 aromatic rings. The molecule has 0 fully saturated rings. The highest BCUT2D eigenvalue weighted by Crippen LogP contribution is 2.24. The van der Waals surface area contributed by atoms with Crippen LogP contribution in [0.15, 0.2) is 77.5 Å². The van der Waals surface area contributed by atoms with Gasteiger partial charge in [0.05, 0.1) is 6.54 Å². The average Bonchev–Trinajstić information content (AvgIpc) is 3.27. The summed E-state index contributed by atoms with van der Waals surface area (Å²) in [4.78, 5) is 16.1. The minimum absolute atomic E-state index is 0.144. The van der Waals surface area contributed by atoms with Crippen LogP contribution in [0.1, 0.15) is 21.6 Å². The van der Waals surface area contributed by atoms with Crippen LogP contribution in [0.4, 0.5) is 0 Å². The Kier molecular flexibility index (Phi) is 6.65. The molecular weight excluding hydrogens is 428 g/mol. The zero-order chi connectivity index (χ0) is 21.7. The van der Waals surface area contributed by atoms with E-state index < -0.39 is 10.0 Å². The van der Waals surface area contributed by atoms with Gasteiger partial charge in [0, 0.05) is 29.9 Å². The molecule has 0 N–H and O–H groups in total. The molecule has 160 valence electrons. The first-order valence-corrected chi connectivity index (χ1v) is 12.5. The van der Waals surface area contributed by atoms with E-state index in [9.17, 15) is 13.2 Å². The van der Waals surface area contributed by atoms with Crippen molar-refractivity contribution in [2.75, 3.05) is 13.1 Å². The highest BCUT2D eigenvalue weighted by atomic mass is 32.2. The van der Waals surface area contributed by atoms with E-state index >= 15 is 0 Å². The van der Waals surface area contributed by atoms with Crippen LogP contribution in [-0.2, 0) is 34.3 Å². The van der Waals surface area contributed by atoms with Crippen LogP contribution in [0.2, 0.25) is 0 Å². The second kappa shape index (κ2) is 9.60. The molecule has 0 atom stereocenters. The predicted molar refractivity (Wildman–Crippen MR) is 125 cm³/mol. The molecular formula is C24H24N2O3S2. The Morgan fingerprint density at radius 3 is 2.48 bits per heavy atom. The molecule has 2 heterocycles. The van der Waals surface area contributed by atoms with Crippen molar-refractivity contribution in [3.63, 3.8) is 0 Å². The molecule has 0 radical (unpaired) electrons. The van der Waals surface area contributed by atoms with Gasteiger partial charge in [0.2, 0.25) is 15.9 Å². The lowest BCUT2D eigenvalue weighted by atomic mass is 10.1. The molecule has 1 aliphatic rings. The summed E-state index contributed by atoms with van der Waals surface area (Å²) >= 11 is 1.71. The summed E-state index contributed by atoms with van der Waals surface area (Å²) in [6, 6.07) is 20.7. The van der Waals surface area contributed by atoms with Gasteiger partial charge in [0.25, 0.3) is 0 Å². The molecule has 0 spiro atoms. The van der Waals surface area contributed by atoms with E-state index in [4.69, 9.17) is 0 Å². The van der Waals surface area contributed by atoms with Crippen molar-refractivity contribution in [3.05, 3.63) is 99.1 Å². The zero-order valence-electron chi connectivity index (χ0n) is 17.1. The summed E-state index contributed by atoms with van der Waals surface area (Å²) < 4.78 is 27.6. The summed E-state index contributed by atoms with van der Waals surface area (Å²) in [7, 11) is -3.79. The van der Waals surface area contributed by atoms with Crippen molar-refractivity contribution >= 4 is 33.3 Å². The number of benzene rings is 2. The predicted octanol–water partition coefficient (Wildman–Crippen LogP) is 4.14. The third-order valence-corrected chi connectivity index (χ3v) is 7.75. The Morgan fingerprint density at radius 2 is 1.74 bits per heavy atom. The Labute approximate surface area is 187 Å². The second-order valence-corrected chi connectivity index (χ2v) is 10.3. The van der Waals surface area contributed by atoms with Gasteiger partial charge >= 0.3 is 0 Å². The molecule has 4 rings (SSSR count). The maximum atomic E-state index is 13.2. The maximum Gasteiger partial charge on any atom is 0.238 e. The molecule has 5 nitrogen and oxygen atoms in total. The van der Waals surface area contributed by atoms with E-state index in [1.165, 1.54) is 14.6 Å². The fourth-order valence-corrected chi connectivity index (χ4v) is 5.56. The lowest BCUT2D eigenvalue weighted by Gasteiger charge is -2.29. The van der Waals surface area contributed by atoms with Gasteiger partial charge in [-0.05, 0) is 40.6 Å². The molecule has 0 saturated heterocycles. The minimum atomic E-state index is -3.79. The van der Waals surface area contributed by atoms with E-state index in [-0.39, 0.29) is 19.0 Å². The first-order chi connectivity index (χ1) is 15.0. The van der Waals surface area contributed by atoms with Gasteiger partial charge < -0.3 is 4.90 Å². The monoisotopic (exact) mass is 452 g/mol. The van der Waals surface area contributed by atoms with E-state index in [1.807, 2.05) is 72.1 Å². The van der Waals surface area contributed by atoms with Crippen molar-refractivity contribution in [2.45, 2.75) is 19.5 Å². The fraction of sp³-hybridized carbons (Fsp3) is 0.208. The molecule has 0 aliphatic carbocycles. The van der Waals surface area contributed by atoms with Crippen LogP contribution in [0, 0.1) is 0 Å². The van der Waals surface area contributed by atoms with Gasteiger partial charge in [0.1, 0.15) is 0 Å². The fourth-order valence-electron chi connectivity index (χ4n) is 3.55.